The van der Waals surface area contributed by atoms with Crippen LogP contribution in [0.2, 0.25) is 0 Å². The highest BCUT2D eigenvalue weighted by Crippen LogP contribution is 2.27. The van der Waals surface area contributed by atoms with Crippen molar-refractivity contribution in [3.8, 4) is 0 Å². The number of benzene rings is 2. The quantitative estimate of drug-likeness (QED) is 0.357. The van der Waals surface area contributed by atoms with Gasteiger partial charge in [0.2, 0.25) is 0 Å². The van der Waals surface area contributed by atoms with Gasteiger partial charge in [-0.05, 0) is 30.2 Å². The zero-order chi connectivity index (χ0) is 18.5. The molecule has 0 bridgehead atoms. The zero-order valence-electron chi connectivity index (χ0n) is 13.8. The van der Waals surface area contributed by atoms with Gasteiger partial charge in [-0.15, -0.1) is 0 Å². The Morgan fingerprint density at radius 1 is 1.15 bits per heavy atom. The molecule has 132 valence electrons. The SMILES string of the molecule is O=C(C=Cc1ccccc1[N+](=O)[O-])OCC(=O)N1CCc2ccccc21. The van der Waals surface area contributed by atoms with Gasteiger partial charge in [0.25, 0.3) is 11.6 Å². The minimum atomic E-state index is -0.732. The summed E-state index contributed by atoms with van der Waals surface area (Å²) in [7, 11) is 0. The van der Waals surface area contributed by atoms with Crippen LogP contribution >= 0.6 is 0 Å². The van der Waals surface area contributed by atoms with Crippen LogP contribution in [0.15, 0.2) is 54.6 Å². The number of nitro groups is 1. The van der Waals surface area contributed by atoms with Crippen molar-refractivity contribution in [3.05, 3.63) is 75.8 Å². The number of rotatable bonds is 5. The van der Waals surface area contributed by atoms with E-state index in [9.17, 15) is 19.7 Å². The molecule has 0 radical (unpaired) electrons. The lowest BCUT2D eigenvalue weighted by Gasteiger charge is -2.16. The smallest absolute Gasteiger partial charge is 0.331 e. The van der Waals surface area contributed by atoms with E-state index in [2.05, 4.69) is 0 Å². The normalized spacial score (nSPS) is 12.8. The first kappa shape index (κ1) is 17.3. The van der Waals surface area contributed by atoms with Gasteiger partial charge >= 0.3 is 5.97 Å². The summed E-state index contributed by atoms with van der Waals surface area (Å²) in [5.41, 5.74) is 2.10. The molecule has 0 atom stereocenters. The second-order valence-corrected chi connectivity index (χ2v) is 5.68. The first-order valence-electron chi connectivity index (χ1n) is 8.03. The number of carbonyl (C=O) groups is 2. The molecule has 7 nitrogen and oxygen atoms in total. The maximum absolute atomic E-state index is 12.3. The zero-order valence-corrected chi connectivity index (χ0v) is 13.8. The third kappa shape index (κ3) is 3.77. The van der Waals surface area contributed by atoms with Gasteiger partial charge in [-0.25, -0.2) is 4.79 Å². The van der Waals surface area contributed by atoms with Gasteiger partial charge in [0.05, 0.1) is 10.5 Å². The number of para-hydroxylation sites is 2. The molecule has 3 rings (SSSR count). The van der Waals surface area contributed by atoms with E-state index in [1.807, 2.05) is 24.3 Å². The van der Waals surface area contributed by atoms with E-state index in [4.69, 9.17) is 4.74 Å². The number of carbonyl (C=O) groups excluding carboxylic acids is 2. The van der Waals surface area contributed by atoms with Crippen LogP contribution in [0.4, 0.5) is 11.4 Å². The van der Waals surface area contributed by atoms with Crippen LogP contribution in [0.5, 0.6) is 0 Å². The maximum atomic E-state index is 12.3. The molecule has 0 N–H and O–H groups in total. The Bertz CT molecular complexity index is 891. The molecule has 0 unspecified atom stereocenters. The highest BCUT2D eigenvalue weighted by Gasteiger charge is 2.24. The fourth-order valence-corrected chi connectivity index (χ4v) is 2.81. The number of hydrogen-bond acceptors (Lipinski definition) is 5. The van der Waals surface area contributed by atoms with Crippen LogP contribution in [0, 0.1) is 10.1 Å². The van der Waals surface area contributed by atoms with Gasteiger partial charge in [-0.3, -0.25) is 14.9 Å². The number of fused-ring (bicyclic) bond motifs is 1. The number of nitrogens with zero attached hydrogens (tertiary/aromatic N) is 2. The van der Waals surface area contributed by atoms with Gasteiger partial charge in [-0.2, -0.15) is 0 Å². The predicted molar refractivity (Wildman–Crippen MR) is 95.6 cm³/mol. The molecule has 26 heavy (non-hydrogen) atoms. The first-order chi connectivity index (χ1) is 12.6. The molecule has 1 aliphatic heterocycles. The van der Waals surface area contributed by atoms with Crippen molar-refractivity contribution in [2.24, 2.45) is 0 Å². The van der Waals surface area contributed by atoms with Crippen molar-refractivity contribution in [2.75, 3.05) is 18.1 Å². The standard InChI is InChI=1S/C19H16N2O5/c22-18(20-12-11-15-6-1-3-7-16(15)20)13-26-19(23)10-9-14-5-2-4-8-17(14)21(24)25/h1-10H,11-13H2. The Morgan fingerprint density at radius 3 is 2.69 bits per heavy atom. The molecule has 1 amide bonds. The van der Waals surface area contributed by atoms with Gasteiger partial charge < -0.3 is 9.64 Å². The van der Waals surface area contributed by atoms with E-state index in [0.717, 1.165) is 23.7 Å². The Labute approximate surface area is 149 Å². The number of ether oxygens (including phenoxy) is 1. The van der Waals surface area contributed by atoms with Crippen LogP contribution in [-0.2, 0) is 20.7 Å². The third-order valence-corrected chi connectivity index (χ3v) is 4.06. The average molecular weight is 352 g/mol. The highest BCUT2D eigenvalue weighted by molar-refractivity contribution is 5.98. The molecule has 0 saturated heterocycles. The van der Waals surface area contributed by atoms with E-state index in [0.29, 0.717) is 6.54 Å². The van der Waals surface area contributed by atoms with Crippen molar-refractivity contribution in [1.82, 2.24) is 0 Å². The van der Waals surface area contributed by atoms with Gasteiger partial charge in [0, 0.05) is 24.4 Å². The molecule has 2 aromatic carbocycles. The van der Waals surface area contributed by atoms with E-state index in [1.54, 1.807) is 17.0 Å². The van der Waals surface area contributed by atoms with E-state index in [1.165, 1.54) is 18.2 Å². The van der Waals surface area contributed by atoms with Gasteiger partial charge in [0.1, 0.15) is 0 Å². The lowest BCUT2D eigenvalue weighted by atomic mass is 10.1. The largest absolute Gasteiger partial charge is 0.452 e. The highest BCUT2D eigenvalue weighted by atomic mass is 16.6. The van der Waals surface area contributed by atoms with Crippen molar-refractivity contribution in [1.29, 1.82) is 0 Å². The molecule has 0 fully saturated rings. The first-order valence-corrected chi connectivity index (χ1v) is 8.03. The Balaban J connectivity index is 1.58. The van der Waals surface area contributed by atoms with Gasteiger partial charge in [0.15, 0.2) is 6.61 Å². The molecule has 1 aliphatic rings. The molecular weight excluding hydrogens is 336 g/mol. The Kier molecular flexibility index (Phi) is 5.07. The van der Waals surface area contributed by atoms with Crippen LogP contribution in [0.25, 0.3) is 6.08 Å². The van der Waals surface area contributed by atoms with E-state index in [-0.39, 0.29) is 23.8 Å². The summed E-state index contributed by atoms with van der Waals surface area (Å²) in [6.07, 6.45) is 3.15. The lowest BCUT2D eigenvalue weighted by molar-refractivity contribution is -0.385. The maximum Gasteiger partial charge on any atom is 0.331 e. The minimum Gasteiger partial charge on any atom is -0.452 e. The molecule has 1 heterocycles. The fourth-order valence-electron chi connectivity index (χ4n) is 2.81. The summed E-state index contributed by atoms with van der Waals surface area (Å²) in [6.45, 7) is 0.177. The number of amides is 1. The van der Waals surface area contributed by atoms with Crippen molar-refractivity contribution in [3.63, 3.8) is 0 Å². The van der Waals surface area contributed by atoms with E-state index >= 15 is 0 Å². The fraction of sp³-hybridized carbons (Fsp3) is 0.158. The van der Waals surface area contributed by atoms with Crippen LogP contribution in [0.1, 0.15) is 11.1 Å². The van der Waals surface area contributed by atoms with Crippen molar-refractivity contribution in [2.45, 2.75) is 6.42 Å². The van der Waals surface area contributed by atoms with Gasteiger partial charge in [-0.1, -0.05) is 30.3 Å². The number of hydrogen-bond donors (Lipinski definition) is 0. The van der Waals surface area contributed by atoms with Crippen molar-refractivity contribution >= 4 is 29.3 Å². The number of nitro benzene ring substituents is 1. The number of anilines is 1. The monoisotopic (exact) mass is 352 g/mol. The average Bonchev–Trinajstić information content (AvgIpc) is 3.08. The summed E-state index contributed by atoms with van der Waals surface area (Å²) >= 11 is 0. The Morgan fingerprint density at radius 2 is 1.88 bits per heavy atom. The molecular formula is C19H16N2O5. The summed E-state index contributed by atoms with van der Waals surface area (Å²) in [5, 5.41) is 10.9. The molecule has 2 aromatic rings. The Hall–Kier alpha value is -3.48. The third-order valence-electron chi connectivity index (χ3n) is 4.06. The molecule has 0 spiro atoms. The van der Waals surface area contributed by atoms with Crippen molar-refractivity contribution < 1.29 is 19.2 Å². The minimum absolute atomic E-state index is 0.110. The molecule has 0 saturated carbocycles. The molecule has 0 aromatic heterocycles. The molecule has 0 aliphatic carbocycles. The second kappa shape index (κ2) is 7.60. The number of esters is 1. The van der Waals surface area contributed by atoms with Crippen LogP contribution in [-0.4, -0.2) is 30.0 Å². The summed E-state index contributed by atoms with van der Waals surface area (Å²) in [5.74, 6) is -1.04. The topological polar surface area (TPSA) is 89.7 Å². The lowest BCUT2D eigenvalue weighted by Crippen LogP contribution is -2.33. The molecule has 7 heteroatoms. The summed E-state index contributed by atoms with van der Waals surface area (Å²) < 4.78 is 4.97. The summed E-state index contributed by atoms with van der Waals surface area (Å²) in [6, 6.07) is 13.6. The second-order valence-electron chi connectivity index (χ2n) is 5.68. The van der Waals surface area contributed by atoms with Crippen LogP contribution in [0.3, 0.4) is 0 Å². The van der Waals surface area contributed by atoms with Crippen LogP contribution < -0.4 is 4.90 Å². The predicted octanol–water partition coefficient (Wildman–Crippen LogP) is 2.74. The summed E-state index contributed by atoms with van der Waals surface area (Å²) in [4.78, 5) is 36.1. The van der Waals surface area contributed by atoms with E-state index < -0.39 is 10.9 Å².